The van der Waals surface area contributed by atoms with Gasteiger partial charge in [0.1, 0.15) is 11.9 Å². The highest BCUT2D eigenvalue weighted by atomic mass is 33.1. The van der Waals surface area contributed by atoms with Crippen molar-refractivity contribution >= 4 is 27.4 Å². The Morgan fingerprint density at radius 3 is 2.95 bits per heavy atom. The summed E-state index contributed by atoms with van der Waals surface area (Å²) in [6.07, 6.45) is 1.11. The van der Waals surface area contributed by atoms with Crippen LogP contribution in [-0.2, 0) is 4.74 Å². The number of aliphatic hydroxyl groups is 2. The first-order valence-electron chi connectivity index (χ1n) is 5.57. The van der Waals surface area contributed by atoms with E-state index in [0.29, 0.717) is 0 Å². The second kappa shape index (κ2) is 6.14. The average Bonchev–Trinajstić information content (AvgIpc) is 2.68. The molecule has 0 unspecified atom stereocenters. The normalized spacial score (nSPS) is 30.7. The van der Waals surface area contributed by atoms with E-state index in [1.165, 1.54) is 38.4 Å². The Balaban J connectivity index is 2.33. The first kappa shape index (κ1) is 14.7. The Morgan fingerprint density at radius 2 is 2.37 bits per heavy atom. The molecule has 1 aromatic heterocycles. The molecule has 0 saturated carbocycles. The summed E-state index contributed by atoms with van der Waals surface area (Å²) in [5.74, 6) is 0.132. The maximum absolute atomic E-state index is 11.8. The Labute approximate surface area is 117 Å². The van der Waals surface area contributed by atoms with Crippen molar-refractivity contribution in [3.63, 3.8) is 0 Å². The van der Waals surface area contributed by atoms with Gasteiger partial charge in [0.05, 0.1) is 18.0 Å². The number of nitrogen functional groups attached to an aromatic ring is 1. The topological polar surface area (TPSA) is 111 Å². The molecule has 0 bridgehead atoms. The highest BCUT2D eigenvalue weighted by Crippen LogP contribution is 2.41. The number of aromatic nitrogens is 2. The zero-order valence-corrected chi connectivity index (χ0v) is 11.8. The van der Waals surface area contributed by atoms with E-state index in [0.717, 1.165) is 0 Å². The van der Waals surface area contributed by atoms with Crippen molar-refractivity contribution in [2.45, 2.75) is 23.7 Å². The van der Waals surface area contributed by atoms with E-state index in [-0.39, 0.29) is 17.7 Å². The Bertz CT molecular complexity index is 498. The van der Waals surface area contributed by atoms with Crippen LogP contribution >= 0.6 is 21.6 Å². The summed E-state index contributed by atoms with van der Waals surface area (Å²) in [5.41, 5.74) is 4.90. The Morgan fingerprint density at radius 1 is 1.63 bits per heavy atom. The van der Waals surface area contributed by atoms with Gasteiger partial charge in [0.15, 0.2) is 6.23 Å². The fourth-order valence-electron chi connectivity index (χ4n) is 1.93. The number of nitrogens with two attached hydrogens (primary N) is 1. The van der Waals surface area contributed by atoms with Crippen molar-refractivity contribution in [1.82, 2.24) is 9.55 Å². The van der Waals surface area contributed by atoms with E-state index in [1.807, 2.05) is 6.26 Å². The monoisotopic (exact) mass is 305 g/mol. The molecule has 1 saturated heterocycles. The number of ether oxygens (including phenoxy) is 1. The second-order valence-corrected chi connectivity index (χ2v) is 6.66. The third kappa shape index (κ3) is 2.90. The van der Waals surface area contributed by atoms with E-state index in [1.54, 1.807) is 0 Å². The maximum atomic E-state index is 11.8. The molecular formula is C10H15N3O4S2. The third-order valence-corrected chi connectivity index (χ3v) is 5.00. The standard InChI is InChI=1S/C10H15N3O4S2/c1-18-19-8-7(15)5(4-14)17-9(8)13-3-2-6(11)12-10(13)16/h2-3,5,7-9,14-15H,4H2,1H3,(H2,11,12,16)/t5-,7-,8-,9-/m1/s1. The lowest BCUT2D eigenvalue weighted by molar-refractivity contribution is -0.0456. The first-order chi connectivity index (χ1) is 9.08. The number of anilines is 1. The van der Waals surface area contributed by atoms with Gasteiger partial charge in [-0.05, 0) is 12.3 Å². The predicted octanol–water partition coefficient (Wildman–Crippen LogP) is -0.544. The van der Waals surface area contributed by atoms with Gasteiger partial charge in [0.25, 0.3) is 0 Å². The smallest absolute Gasteiger partial charge is 0.351 e. The van der Waals surface area contributed by atoms with Crippen molar-refractivity contribution in [1.29, 1.82) is 0 Å². The van der Waals surface area contributed by atoms with Gasteiger partial charge in [-0.1, -0.05) is 21.6 Å². The molecule has 4 atom stereocenters. The number of aliphatic hydroxyl groups excluding tert-OH is 2. The molecule has 106 valence electrons. The summed E-state index contributed by atoms with van der Waals surface area (Å²) in [4.78, 5) is 15.4. The molecular weight excluding hydrogens is 290 g/mol. The van der Waals surface area contributed by atoms with E-state index in [9.17, 15) is 15.0 Å². The lowest BCUT2D eigenvalue weighted by Gasteiger charge is -2.20. The van der Waals surface area contributed by atoms with E-state index in [2.05, 4.69) is 4.98 Å². The zero-order chi connectivity index (χ0) is 14.0. The van der Waals surface area contributed by atoms with Crippen molar-refractivity contribution in [2.24, 2.45) is 0 Å². The quantitative estimate of drug-likeness (QED) is 0.636. The van der Waals surface area contributed by atoms with Crippen LogP contribution in [0.15, 0.2) is 17.1 Å². The summed E-state index contributed by atoms with van der Waals surface area (Å²) in [5, 5.41) is 18.9. The molecule has 7 nitrogen and oxygen atoms in total. The molecule has 1 aromatic rings. The van der Waals surface area contributed by atoms with Gasteiger partial charge in [-0.2, -0.15) is 4.98 Å². The molecule has 0 aromatic carbocycles. The minimum absolute atomic E-state index is 0.132. The lowest BCUT2D eigenvalue weighted by Crippen LogP contribution is -2.34. The number of hydrogen-bond acceptors (Lipinski definition) is 8. The summed E-state index contributed by atoms with van der Waals surface area (Å²) >= 11 is 0. The second-order valence-electron chi connectivity index (χ2n) is 4.01. The molecule has 1 aliphatic heterocycles. The molecule has 0 spiro atoms. The van der Waals surface area contributed by atoms with Crippen molar-refractivity contribution in [2.75, 3.05) is 18.6 Å². The molecule has 2 heterocycles. The molecule has 0 aliphatic carbocycles. The van der Waals surface area contributed by atoms with Crippen molar-refractivity contribution in [3.05, 3.63) is 22.7 Å². The van der Waals surface area contributed by atoms with Crippen LogP contribution in [0.2, 0.25) is 0 Å². The highest BCUT2D eigenvalue weighted by Gasteiger charge is 2.45. The Kier molecular flexibility index (Phi) is 4.74. The van der Waals surface area contributed by atoms with Crippen LogP contribution in [0.25, 0.3) is 0 Å². The predicted molar refractivity (Wildman–Crippen MR) is 74.8 cm³/mol. The van der Waals surface area contributed by atoms with Crippen LogP contribution in [0.1, 0.15) is 6.23 Å². The van der Waals surface area contributed by atoms with Gasteiger partial charge in [-0.3, -0.25) is 4.57 Å². The van der Waals surface area contributed by atoms with Gasteiger partial charge in [0, 0.05) is 6.20 Å². The van der Waals surface area contributed by atoms with E-state index >= 15 is 0 Å². The summed E-state index contributed by atoms with van der Waals surface area (Å²) in [6, 6.07) is 1.49. The van der Waals surface area contributed by atoms with Crippen LogP contribution in [0.3, 0.4) is 0 Å². The van der Waals surface area contributed by atoms with Crippen molar-refractivity contribution in [3.8, 4) is 0 Å². The minimum atomic E-state index is -0.850. The summed E-state index contributed by atoms with van der Waals surface area (Å²) < 4.78 is 6.82. The first-order valence-corrected chi connectivity index (χ1v) is 8.19. The maximum Gasteiger partial charge on any atom is 0.351 e. The van der Waals surface area contributed by atoms with Crippen LogP contribution in [-0.4, -0.2) is 50.1 Å². The number of nitrogens with zero attached hydrogens (tertiary/aromatic N) is 2. The van der Waals surface area contributed by atoms with Gasteiger partial charge >= 0.3 is 5.69 Å². The van der Waals surface area contributed by atoms with Gasteiger partial charge in [0.2, 0.25) is 0 Å². The lowest BCUT2D eigenvalue weighted by atomic mass is 10.2. The average molecular weight is 305 g/mol. The van der Waals surface area contributed by atoms with Gasteiger partial charge < -0.3 is 20.7 Å². The van der Waals surface area contributed by atoms with E-state index in [4.69, 9.17) is 10.5 Å². The molecule has 1 aliphatic rings. The van der Waals surface area contributed by atoms with Crippen LogP contribution in [0.4, 0.5) is 5.82 Å². The molecule has 4 N–H and O–H groups in total. The molecule has 19 heavy (non-hydrogen) atoms. The summed E-state index contributed by atoms with van der Waals surface area (Å²) in [6.45, 7) is -0.305. The largest absolute Gasteiger partial charge is 0.394 e. The van der Waals surface area contributed by atoms with Crippen molar-refractivity contribution < 1.29 is 14.9 Å². The summed E-state index contributed by atoms with van der Waals surface area (Å²) in [7, 11) is 2.85. The third-order valence-electron chi connectivity index (χ3n) is 2.83. The minimum Gasteiger partial charge on any atom is -0.394 e. The van der Waals surface area contributed by atoms with E-state index < -0.39 is 24.1 Å². The number of rotatable bonds is 4. The van der Waals surface area contributed by atoms with Gasteiger partial charge in [-0.25, -0.2) is 4.79 Å². The molecule has 0 radical (unpaired) electrons. The SMILES string of the molecule is CSS[C@@H]1[C@H](O)[C@@H](CO)O[C@H]1n1ccc(N)nc1=O. The number of hydrogen-bond donors (Lipinski definition) is 3. The zero-order valence-electron chi connectivity index (χ0n) is 10.2. The highest BCUT2D eigenvalue weighted by molar-refractivity contribution is 8.76. The molecule has 0 amide bonds. The molecule has 1 fully saturated rings. The molecule has 9 heteroatoms. The van der Waals surface area contributed by atoms with Crippen LogP contribution in [0.5, 0.6) is 0 Å². The molecule has 2 rings (SSSR count). The van der Waals surface area contributed by atoms with Crippen LogP contribution < -0.4 is 11.4 Å². The Hall–Kier alpha value is -0.740. The fraction of sp³-hybridized carbons (Fsp3) is 0.600. The van der Waals surface area contributed by atoms with Crippen LogP contribution in [0, 0.1) is 0 Å². The fourth-order valence-corrected chi connectivity index (χ4v) is 4.02. The van der Waals surface area contributed by atoms with Gasteiger partial charge in [-0.15, -0.1) is 0 Å².